The lowest BCUT2D eigenvalue weighted by Crippen LogP contribution is -2.37. The molecule has 1 aliphatic carbocycles. The van der Waals surface area contributed by atoms with E-state index in [1.165, 1.54) is 12.1 Å². The maximum absolute atomic E-state index is 13.0. The molecule has 8 nitrogen and oxygen atoms in total. The number of rotatable bonds is 5. The Labute approximate surface area is 171 Å². The molecule has 1 aromatic carbocycles. The lowest BCUT2D eigenvalue weighted by atomic mass is 9.69. The van der Waals surface area contributed by atoms with E-state index in [9.17, 15) is 25.0 Å². The van der Waals surface area contributed by atoms with Gasteiger partial charge in [0.2, 0.25) is 0 Å². The third-order valence-electron chi connectivity index (χ3n) is 4.91. The topological polar surface area (TPSA) is 133 Å². The first kappa shape index (κ1) is 20.6. The van der Waals surface area contributed by atoms with Crippen LogP contribution in [0.4, 0.5) is 5.69 Å². The summed E-state index contributed by atoms with van der Waals surface area (Å²) in [5.74, 6) is -2.40. The Morgan fingerprint density at radius 2 is 2.10 bits per heavy atom. The van der Waals surface area contributed by atoms with Crippen LogP contribution in [0.1, 0.15) is 38.2 Å². The molecule has 9 heteroatoms. The number of carboxylic acid groups (broad SMARTS) is 1. The number of nitrogens with one attached hydrogen (secondary N) is 1. The molecular formula is C20H19N3O5S. The quantitative estimate of drug-likeness (QED) is 0.554. The largest absolute Gasteiger partial charge is 0.481 e. The van der Waals surface area contributed by atoms with Crippen molar-refractivity contribution in [3.05, 3.63) is 61.8 Å². The van der Waals surface area contributed by atoms with Crippen LogP contribution < -0.4 is 5.32 Å². The molecule has 29 heavy (non-hydrogen) atoms. The highest BCUT2D eigenvalue weighted by atomic mass is 32.2. The maximum Gasteiger partial charge on any atom is 0.313 e. The molecule has 0 saturated heterocycles. The number of nitro benzene ring substituents is 1. The van der Waals surface area contributed by atoms with Gasteiger partial charge in [-0.25, -0.2) is 0 Å². The molecule has 2 aliphatic rings. The van der Waals surface area contributed by atoms with Gasteiger partial charge in [0.1, 0.15) is 0 Å². The van der Waals surface area contributed by atoms with E-state index in [1.54, 1.807) is 12.1 Å². The van der Waals surface area contributed by atoms with Crippen LogP contribution in [-0.4, -0.2) is 27.5 Å². The third kappa shape index (κ3) is 4.03. The Balaban J connectivity index is 2.24. The van der Waals surface area contributed by atoms with Gasteiger partial charge in [-0.3, -0.25) is 19.7 Å². The second-order valence-corrected chi connectivity index (χ2v) is 8.73. The maximum atomic E-state index is 13.0. The summed E-state index contributed by atoms with van der Waals surface area (Å²) in [6.07, 6.45) is 0.780. The number of nitriles is 1. The van der Waals surface area contributed by atoms with Gasteiger partial charge in [-0.05, 0) is 11.8 Å². The number of para-hydroxylation sites is 1. The molecule has 150 valence electrons. The molecule has 0 fully saturated rings. The van der Waals surface area contributed by atoms with Gasteiger partial charge in [-0.1, -0.05) is 43.8 Å². The van der Waals surface area contributed by atoms with Crippen LogP contribution >= 0.6 is 11.8 Å². The molecule has 0 radical (unpaired) electrons. The first-order chi connectivity index (χ1) is 13.6. The summed E-state index contributed by atoms with van der Waals surface area (Å²) >= 11 is 0.939. The van der Waals surface area contributed by atoms with Gasteiger partial charge in [0.05, 0.1) is 33.3 Å². The van der Waals surface area contributed by atoms with E-state index >= 15 is 0 Å². The molecule has 3 rings (SSSR count). The van der Waals surface area contributed by atoms with Gasteiger partial charge in [0.15, 0.2) is 5.78 Å². The lowest BCUT2D eigenvalue weighted by Gasteiger charge is -2.38. The molecule has 0 amide bonds. The Hall–Kier alpha value is -3.12. The number of aliphatic carboxylic acids is 1. The van der Waals surface area contributed by atoms with Crippen molar-refractivity contribution >= 4 is 29.2 Å². The standard InChI is InChI=1S/C20H19N3O5S/c1-20(2)7-13-18(15(24)8-20)17(11-5-3-4-6-14(11)23(27)28)12(9-21)19(22-13)29-10-16(25)26/h3-6,17,22H,7-8,10H2,1-2H3,(H,25,26). The Morgan fingerprint density at radius 3 is 2.72 bits per heavy atom. The molecule has 1 aliphatic heterocycles. The molecular weight excluding hydrogens is 394 g/mol. The highest BCUT2D eigenvalue weighted by molar-refractivity contribution is 8.03. The molecule has 1 heterocycles. The van der Waals surface area contributed by atoms with Crippen molar-refractivity contribution in [1.82, 2.24) is 5.32 Å². The molecule has 0 saturated carbocycles. The number of allylic oxidation sites excluding steroid dienone is 3. The number of ketones is 1. The van der Waals surface area contributed by atoms with E-state index in [4.69, 9.17) is 5.11 Å². The molecule has 2 N–H and O–H groups in total. The van der Waals surface area contributed by atoms with Crippen LogP contribution in [0.15, 0.2) is 46.1 Å². The fourth-order valence-electron chi connectivity index (χ4n) is 3.83. The number of carbonyl (C=O) groups excluding carboxylic acids is 1. The normalized spacial score (nSPS) is 20.6. The van der Waals surface area contributed by atoms with Gasteiger partial charge in [-0.2, -0.15) is 5.26 Å². The molecule has 0 bridgehead atoms. The van der Waals surface area contributed by atoms with Crippen molar-refractivity contribution in [2.24, 2.45) is 5.41 Å². The van der Waals surface area contributed by atoms with E-state index in [-0.39, 0.29) is 40.2 Å². The van der Waals surface area contributed by atoms with Gasteiger partial charge in [0, 0.05) is 29.3 Å². The van der Waals surface area contributed by atoms with E-state index in [0.717, 1.165) is 11.8 Å². The zero-order valence-electron chi connectivity index (χ0n) is 15.9. The average Bonchev–Trinajstić information content (AvgIpc) is 2.64. The summed E-state index contributed by atoms with van der Waals surface area (Å²) in [7, 11) is 0. The van der Waals surface area contributed by atoms with Crippen molar-refractivity contribution < 1.29 is 19.6 Å². The number of benzene rings is 1. The SMILES string of the molecule is CC1(C)CC(=O)C2=C(C1)NC(SCC(=O)O)=C(C#N)C2c1ccccc1[N+](=O)[O-]. The van der Waals surface area contributed by atoms with E-state index in [1.807, 2.05) is 13.8 Å². The number of carbonyl (C=O) groups is 2. The number of nitrogens with zero attached hydrogens (tertiary/aromatic N) is 2. The minimum atomic E-state index is -1.05. The predicted molar refractivity (Wildman–Crippen MR) is 107 cm³/mol. The Kier molecular flexibility index (Phi) is 5.48. The summed E-state index contributed by atoms with van der Waals surface area (Å²) < 4.78 is 0. The number of hydrogen-bond acceptors (Lipinski definition) is 7. The lowest BCUT2D eigenvalue weighted by molar-refractivity contribution is -0.385. The zero-order valence-corrected chi connectivity index (χ0v) is 16.7. The Morgan fingerprint density at radius 1 is 1.41 bits per heavy atom. The van der Waals surface area contributed by atoms with Crippen molar-refractivity contribution in [3.8, 4) is 6.07 Å². The van der Waals surface area contributed by atoms with Crippen molar-refractivity contribution in [2.75, 3.05) is 5.75 Å². The van der Waals surface area contributed by atoms with Crippen molar-refractivity contribution in [2.45, 2.75) is 32.6 Å². The van der Waals surface area contributed by atoms with Gasteiger partial charge >= 0.3 is 5.97 Å². The van der Waals surface area contributed by atoms with Crippen LogP contribution in [0, 0.1) is 26.9 Å². The number of thioether (sulfide) groups is 1. The minimum Gasteiger partial charge on any atom is -0.481 e. The summed E-state index contributed by atoms with van der Waals surface area (Å²) in [5.41, 5.74) is 0.834. The van der Waals surface area contributed by atoms with Crippen LogP contribution in [-0.2, 0) is 9.59 Å². The number of dihydropyridines is 1. The monoisotopic (exact) mass is 413 g/mol. The third-order valence-corrected chi connectivity index (χ3v) is 5.91. The average molecular weight is 413 g/mol. The van der Waals surface area contributed by atoms with Gasteiger partial charge < -0.3 is 10.4 Å². The summed E-state index contributed by atoms with van der Waals surface area (Å²) in [4.78, 5) is 35.2. The van der Waals surface area contributed by atoms with Crippen LogP contribution in [0.3, 0.4) is 0 Å². The van der Waals surface area contributed by atoms with Gasteiger partial charge in [-0.15, -0.1) is 0 Å². The minimum absolute atomic E-state index is 0.123. The second-order valence-electron chi connectivity index (χ2n) is 7.74. The molecule has 1 unspecified atom stereocenters. The number of Topliss-reactive ketones (excluding diaryl/α,β-unsaturated/α-hetero) is 1. The van der Waals surface area contributed by atoms with Gasteiger partial charge in [0.25, 0.3) is 5.69 Å². The first-order valence-corrected chi connectivity index (χ1v) is 9.88. The zero-order chi connectivity index (χ0) is 21.3. The summed E-state index contributed by atoms with van der Waals surface area (Å²) in [5, 5.41) is 33.9. The molecule has 1 aromatic rings. The van der Waals surface area contributed by atoms with Crippen LogP contribution in [0.5, 0.6) is 0 Å². The summed E-state index contributed by atoms with van der Waals surface area (Å²) in [6, 6.07) is 8.10. The fourth-order valence-corrected chi connectivity index (χ4v) is 4.62. The van der Waals surface area contributed by atoms with E-state index in [2.05, 4.69) is 11.4 Å². The van der Waals surface area contributed by atoms with Crippen LogP contribution in [0.2, 0.25) is 0 Å². The number of hydrogen-bond donors (Lipinski definition) is 2. The number of nitro groups is 1. The van der Waals surface area contributed by atoms with Crippen molar-refractivity contribution in [3.63, 3.8) is 0 Å². The smallest absolute Gasteiger partial charge is 0.313 e. The predicted octanol–water partition coefficient (Wildman–Crippen LogP) is 3.48. The molecule has 0 aromatic heterocycles. The fraction of sp³-hybridized carbons (Fsp3) is 0.350. The second kappa shape index (κ2) is 7.72. The number of carboxylic acids is 1. The van der Waals surface area contributed by atoms with E-state index in [0.29, 0.717) is 22.7 Å². The van der Waals surface area contributed by atoms with Crippen molar-refractivity contribution in [1.29, 1.82) is 5.26 Å². The summed E-state index contributed by atoms with van der Waals surface area (Å²) in [6.45, 7) is 3.90. The van der Waals surface area contributed by atoms with Crippen LogP contribution in [0.25, 0.3) is 0 Å². The highest BCUT2D eigenvalue weighted by Crippen LogP contribution is 2.49. The highest BCUT2D eigenvalue weighted by Gasteiger charge is 2.43. The van der Waals surface area contributed by atoms with E-state index < -0.39 is 16.8 Å². The molecule has 0 spiro atoms. The Bertz CT molecular complexity index is 1020. The molecule has 1 atom stereocenters. The first-order valence-electron chi connectivity index (χ1n) is 8.90.